The Morgan fingerprint density at radius 3 is 2.50 bits per heavy atom. The number of para-hydroxylation sites is 1. The molecule has 2 rings (SSSR count). The van der Waals surface area contributed by atoms with Gasteiger partial charge in [-0.05, 0) is 35.9 Å². The van der Waals surface area contributed by atoms with E-state index in [2.05, 4.69) is 82.6 Å². The van der Waals surface area contributed by atoms with Gasteiger partial charge in [-0.1, -0.05) is 53.2 Å². The van der Waals surface area contributed by atoms with Crippen molar-refractivity contribution in [3.05, 3.63) is 64.1 Å². The molecule has 0 radical (unpaired) electrons. The van der Waals surface area contributed by atoms with Crippen LogP contribution in [0.2, 0.25) is 0 Å². The van der Waals surface area contributed by atoms with Crippen LogP contribution in [0, 0.1) is 0 Å². The molecule has 0 aromatic heterocycles. The number of nitrogens with one attached hydrogen (secondary N) is 1. The van der Waals surface area contributed by atoms with Crippen molar-refractivity contribution >= 4 is 21.6 Å². The van der Waals surface area contributed by atoms with E-state index < -0.39 is 0 Å². The van der Waals surface area contributed by atoms with Crippen molar-refractivity contribution in [2.24, 2.45) is 0 Å². The molecule has 0 unspecified atom stereocenters. The van der Waals surface area contributed by atoms with E-state index in [9.17, 15) is 0 Å². The van der Waals surface area contributed by atoms with Crippen LogP contribution in [0.25, 0.3) is 0 Å². The molecule has 0 heterocycles. The zero-order chi connectivity index (χ0) is 14.4. The van der Waals surface area contributed by atoms with Crippen molar-refractivity contribution in [3.63, 3.8) is 0 Å². The molecule has 1 N–H and O–H groups in total. The van der Waals surface area contributed by atoms with Gasteiger partial charge in [-0.2, -0.15) is 0 Å². The van der Waals surface area contributed by atoms with Gasteiger partial charge < -0.3 is 10.2 Å². The van der Waals surface area contributed by atoms with Crippen LogP contribution < -0.4 is 10.2 Å². The minimum atomic E-state index is 0.895. The van der Waals surface area contributed by atoms with E-state index >= 15 is 0 Å². The lowest BCUT2D eigenvalue weighted by Crippen LogP contribution is -2.17. The summed E-state index contributed by atoms with van der Waals surface area (Å²) in [6.45, 7) is 4.93. The molecule has 0 aliphatic carbocycles. The second kappa shape index (κ2) is 7.46. The highest BCUT2D eigenvalue weighted by Gasteiger charge is 2.06. The third kappa shape index (κ3) is 4.09. The predicted octanol–water partition coefficient (Wildman–Crippen LogP) is 4.20. The van der Waals surface area contributed by atoms with Crippen LogP contribution in [0.15, 0.2) is 53.0 Å². The molecular formula is C17H21BrN2. The number of nitrogens with zero attached hydrogens (tertiary/aromatic N) is 1. The molecule has 0 bridgehead atoms. The van der Waals surface area contributed by atoms with E-state index in [1.54, 1.807) is 0 Å². The van der Waals surface area contributed by atoms with Crippen LogP contribution in [0.5, 0.6) is 0 Å². The van der Waals surface area contributed by atoms with E-state index in [1.165, 1.54) is 21.3 Å². The van der Waals surface area contributed by atoms with Crippen LogP contribution in [-0.4, -0.2) is 13.6 Å². The number of benzene rings is 2. The molecule has 0 fully saturated rings. The molecule has 0 saturated carbocycles. The Bertz CT molecular complexity index is 540. The van der Waals surface area contributed by atoms with E-state index in [0.29, 0.717) is 0 Å². The maximum absolute atomic E-state index is 3.69. The molecule has 2 nitrogen and oxygen atoms in total. The molecule has 3 heteroatoms. The van der Waals surface area contributed by atoms with Crippen molar-refractivity contribution in [2.75, 3.05) is 18.5 Å². The fraction of sp³-hybridized carbons (Fsp3) is 0.294. The van der Waals surface area contributed by atoms with E-state index in [1.807, 2.05) is 6.07 Å². The Morgan fingerprint density at radius 2 is 1.85 bits per heavy atom. The summed E-state index contributed by atoms with van der Waals surface area (Å²) in [7, 11) is 2.12. The van der Waals surface area contributed by atoms with Gasteiger partial charge in [0.25, 0.3) is 0 Å². The third-order valence-corrected chi connectivity index (χ3v) is 4.04. The van der Waals surface area contributed by atoms with Gasteiger partial charge in [0.2, 0.25) is 0 Å². The first-order valence-corrected chi connectivity index (χ1v) is 7.74. The van der Waals surface area contributed by atoms with Gasteiger partial charge in [-0.15, -0.1) is 0 Å². The van der Waals surface area contributed by atoms with Crippen LogP contribution in [-0.2, 0) is 13.1 Å². The van der Waals surface area contributed by atoms with Crippen molar-refractivity contribution in [1.82, 2.24) is 5.32 Å². The molecule has 0 atom stereocenters. The molecule has 0 amide bonds. The summed E-state index contributed by atoms with van der Waals surface area (Å²) >= 11 is 3.69. The lowest BCUT2D eigenvalue weighted by molar-refractivity contribution is 0.726. The minimum absolute atomic E-state index is 0.895. The fourth-order valence-corrected chi connectivity index (χ4v) is 2.68. The summed E-state index contributed by atoms with van der Waals surface area (Å²) in [5.74, 6) is 0. The first-order valence-electron chi connectivity index (χ1n) is 6.95. The standard InChI is InChI=1S/C17H21BrN2/c1-3-19-12-14-9-10-15(17(18)11-14)13-20(2)16-7-5-4-6-8-16/h4-11,19H,3,12-13H2,1-2H3. The molecule has 106 valence electrons. The van der Waals surface area contributed by atoms with Gasteiger partial charge in [-0.3, -0.25) is 0 Å². The number of hydrogen-bond donors (Lipinski definition) is 1. The molecule has 0 aliphatic rings. The summed E-state index contributed by atoms with van der Waals surface area (Å²) in [6.07, 6.45) is 0. The monoisotopic (exact) mass is 332 g/mol. The average Bonchev–Trinajstić information content (AvgIpc) is 2.48. The average molecular weight is 333 g/mol. The van der Waals surface area contributed by atoms with Gasteiger partial charge in [0.1, 0.15) is 0 Å². The number of halogens is 1. The van der Waals surface area contributed by atoms with Gasteiger partial charge >= 0.3 is 0 Å². The summed E-state index contributed by atoms with van der Waals surface area (Å²) in [5, 5.41) is 3.35. The zero-order valence-electron chi connectivity index (χ0n) is 12.1. The van der Waals surface area contributed by atoms with Crippen LogP contribution >= 0.6 is 15.9 Å². The number of anilines is 1. The molecule has 2 aromatic carbocycles. The lowest BCUT2D eigenvalue weighted by atomic mass is 10.1. The summed E-state index contributed by atoms with van der Waals surface area (Å²) in [5.41, 5.74) is 3.84. The predicted molar refractivity (Wildman–Crippen MR) is 90.1 cm³/mol. The normalized spacial score (nSPS) is 10.6. The van der Waals surface area contributed by atoms with Gasteiger partial charge in [0, 0.05) is 30.3 Å². The maximum Gasteiger partial charge on any atom is 0.0437 e. The molecule has 0 spiro atoms. The van der Waals surface area contributed by atoms with Gasteiger partial charge in [0.05, 0.1) is 0 Å². The largest absolute Gasteiger partial charge is 0.370 e. The van der Waals surface area contributed by atoms with E-state index in [0.717, 1.165) is 19.6 Å². The van der Waals surface area contributed by atoms with Gasteiger partial charge in [0.15, 0.2) is 0 Å². The summed E-state index contributed by atoms with van der Waals surface area (Å²) in [6, 6.07) is 17.1. The van der Waals surface area contributed by atoms with Gasteiger partial charge in [-0.25, -0.2) is 0 Å². The second-order valence-electron chi connectivity index (χ2n) is 4.90. The topological polar surface area (TPSA) is 15.3 Å². The SMILES string of the molecule is CCNCc1ccc(CN(C)c2ccccc2)c(Br)c1. The minimum Gasteiger partial charge on any atom is -0.370 e. The Morgan fingerprint density at radius 1 is 1.10 bits per heavy atom. The highest BCUT2D eigenvalue weighted by Crippen LogP contribution is 2.22. The smallest absolute Gasteiger partial charge is 0.0437 e. The second-order valence-corrected chi connectivity index (χ2v) is 5.75. The molecule has 0 saturated heterocycles. The highest BCUT2D eigenvalue weighted by molar-refractivity contribution is 9.10. The Balaban J connectivity index is 2.06. The molecule has 2 aromatic rings. The number of hydrogen-bond acceptors (Lipinski definition) is 2. The van der Waals surface area contributed by atoms with Crippen molar-refractivity contribution in [2.45, 2.75) is 20.0 Å². The Kier molecular flexibility index (Phi) is 5.62. The Labute approximate surface area is 129 Å². The first kappa shape index (κ1) is 15.1. The summed E-state index contributed by atoms with van der Waals surface area (Å²) < 4.78 is 1.18. The van der Waals surface area contributed by atoms with E-state index in [-0.39, 0.29) is 0 Å². The molecule has 0 aliphatic heterocycles. The number of rotatable bonds is 6. The van der Waals surface area contributed by atoms with Crippen LogP contribution in [0.3, 0.4) is 0 Å². The fourth-order valence-electron chi connectivity index (χ4n) is 2.13. The maximum atomic E-state index is 3.69. The molecule has 20 heavy (non-hydrogen) atoms. The van der Waals surface area contributed by atoms with Crippen molar-refractivity contribution < 1.29 is 0 Å². The summed E-state index contributed by atoms with van der Waals surface area (Å²) in [4.78, 5) is 2.25. The van der Waals surface area contributed by atoms with Crippen LogP contribution in [0.4, 0.5) is 5.69 Å². The van der Waals surface area contributed by atoms with Crippen molar-refractivity contribution in [3.8, 4) is 0 Å². The highest BCUT2D eigenvalue weighted by atomic mass is 79.9. The Hall–Kier alpha value is -1.32. The lowest BCUT2D eigenvalue weighted by Gasteiger charge is -2.20. The zero-order valence-corrected chi connectivity index (χ0v) is 13.7. The van der Waals surface area contributed by atoms with E-state index in [4.69, 9.17) is 0 Å². The third-order valence-electron chi connectivity index (χ3n) is 3.30. The first-order chi connectivity index (χ1) is 9.70. The quantitative estimate of drug-likeness (QED) is 0.852. The van der Waals surface area contributed by atoms with Crippen LogP contribution in [0.1, 0.15) is 18.1 Å². The van der Waals surface area contributed by atoms with Crippen molar-refractivity contribution in [1.29, 1.82) is 0 Å². The molecular weight excluding hydrogens is 312 g/mol.